The van der Waals surface area contributed by atoms with E-state index in [2.05, 4.69) is 20.5 Å². The molecule has 0 saturated heterocycles. The van der Waals surface area contributed by atoms with E-state index in [0.717, 1.165) is 24.2 Å². The van der Waals surface area contributed by atoms with E-state index in [1.807, 2.05) is 12.1 Å². The van der Waals surface area contributed by atoms with Crippen LogP contribution in [-0.2, 0) is 4.74 Å². The lowest BCUT2D eigenvalue weighted by molar-refractivity contribution is 0.0531. The van der Waals surface area contributed by atoms with E-state index in [9.17, 15) is 9.18 Å². The molecule has 3 rings (SSSR count). The smallest absolute Gasteiger partial charge is 0.407 e. The SMILES string of the molecule is CC(C)(C)OC(=O)NC/C(=C\F)COc1ccc(-c2n[nH]c(C3CC3)n2)cc1. The number of benzene rings is 1. The minimum Gasteiger partial charge on any atom is -0.489 e. The van der Waals surface area contributed by atoms with Crippen molar-refractivity contribution in [2.45, 2.75) is 45.1 Å². The summed E-state index contributed by atoms with van der Waals surface area (Å²) in [6.45, 7) is 5.30. The molecule has 2 N–H and O–H groups in total. The fraction of sp³-hybridized carbons (Fsp3) is 0.450. The lowest BCUT2D eigenvalue weighted by Gasteiger charge is -2.20. The molecule has 1 fully saturated rings. The molecule has 0 bridgehead atoms. The molecular weight excluding hydrogens is 363 g/mol. The van der Waals surface area contributed by atoms with E-state index in [4.69, 9.17) is 9.47 Å². The molecular formula is C20H25FN4O3. The van der Waals surface area contributed by atoms with Gasteiger partial charge in [-0.2, -0.15) is 5.10 Å². The summed E-state index contributed by atoms with van der Waals surface area (Å²) in [5, 5.41) is 9.73. The average Bonchev–Trinajstić information content (AvgIpc) is 3.38. The normalized spacial score (nSPS) is 14.6. The molecule has 0 atom stereocenters. The third kappa shape index (κ3) is 5.80. The van der Waals surface area contributed by atoms with Crippen LogP contribution in [0.1, 0.15) is 45.4 Å². The average molecular weight is 388 g/mol. The number of carbonyl (C=O) groups is 1. The van der Waals surface area contributed by atoms with Crippen molar-refractivity contribution in [3.63, 3.8) is 0 Å². The largest absolute Gasteiger partial charge is 0.489 e. The number of nitrogens with zero attached hydrogens (tertiary/aromatic N) is 2. The number of H-pyrrole nitrogens is 1. The molecule has 7 nitrogen and oxygen atoms in total. The summed E-state index contributed by atoms with van der Waals surface area (Å²) in [6.07, 6.45) is 2.15. The number of rotatable bonds is 7. The van der Waals surface area contributed by atoms with Gasteiger partial charge >= 0.3 is 6.09 Å². The van der Waals surface area contributed by atoms with Gasteiger partial charge in [-0.1, -0.05) is 0 Å². The number of halogens is 1. The van der Waals surface area contributed by atoms with Gasteiger partial charge in [0.15, 0.2) is 5.82 Å². The predicted molar refractivity (Wildman–Crippen MR) is 103 cm³/mol. The highest BCUT2D eigenvalue weighted by Gasteiger charge is 2.27. The molecule has 1 saturated carbocycles. The van der Waals surface area contributed by atoms with Crippen molar-refractivity contribution in [2.75, 3.05) is 13.2 Å². The minimum atomic E-state index is -0.607. The van der Waals surface area contributed by atoms with Crippen LogP contribution in [0.2, 0.25) is 0 Å². The van der Waals surface area contributed by atoms with Gasteiger partial charge in [0.25, 0.3) is 0 Å². The first-order chi connectivity index (χ1) is 13.3. The first-order valence-electron chi connectivity index (χ1n) is 9.24. The van der Waals surface area contributed by atoms with Crippen LogP contribution in [-0.4, -0.2) is 40.0 Å². The molecule has 28 heavy (non-hydrogen) atoms. The maximum Gasteiger partial charge on any atom is 0.407 e. The predicted octanol–water partition coefficient (Wildman–Crippen LogP) is 4.11. The Morgan fingerprint density at radius 1 is 1.32 bits per heavy atom. The van der Waals surface area contributed by atoms with Crippen LogP contribution in [0.3, 0.4) is 0 Å². The zero-order chi connectivity index (χ0) is 20.1. The third-order valence-corrected chi connectivity index (χ3v) is 4.02. The van der Waals surface area contributed by atoms with Crippen LogP contribution in [0.5, 0.6) is 5.75 Å². The number of ether oxygens (including phenoxy) is 2. The second-order valence-corrected chi connectivity index (χ2v) is 7.75. The highest BCUT2D eigenvalue weighted by atomic mass is 19.1. The fourth-order valence-electron chi connectivity index (χ4n) is 2.44. The first kappa shape index (κ1) is 19.9. The molecule has 2 aromatic rings. The first-order valence-corrected chi connectivity index (χ1v) is 9.24. The Kier molecular flexibility index (Phi) is 5.96. The van der Waals surface area contributed by atoms with E-state index in [-0.39, 0.29) is 18.7 Å². The summed E-state index contributed by atoms with van der Waals surface area (Å²) in [7, 11) is 0. The van der Waals surface area contributed by atoms with Crippen molar-refractivity contribution in [3.8, 4) is 17.1 Å². The molecule has 1 aliphatic carbocycles. The summed E-state index contributed by atoms with van der Waals surface area (Å²) >= 11 is 0. The second kappa shape index (κ2) is 8.41. The molecule has 0 spiro atoms. The molecule has 1 aromatic carbocycles. The molecule has 1 heterocycles. The van der Waals surface area contributed by atoms with Crippen LogP contribution in [0.4, 0.5) is 9.18 Å². The molecule has 150 valence electrons. The second-order valence-electron chi connectivity index (χ2n) is 7.75. The summed E-state index contributed by atoms with van der Waals surface area (Å²) < 4.78 is 23.8. The molecule has 0 unspecified atom stereocenters. The third-order valence-electron chi connectivity index (χ3n) is 4.02. The zero-order valence-electron chi connectivity index (χ0n) is 16.3. The number of aromatic nitrogens is 3. The number of hydrogen-bond acceptors (Lipinski definition) is 5. The van der Waals surface area contributed by atoms with Crippen molar-refractivity contribution < 1.29 is 18.7 Å². The highest BCUT2D eigenvalue weighted by molar-refractivity contribution is 5.68. The summed E-state index contributed by atoms with van der Waals surface area (Å²) in [5.74, 6) is 2.69. The Balaban J connectivity index is 1.48. The van der Waals surface area contributed by atoms with Crippen molar-refractivity contribution >= 4 is 6.09 Å². The summed E-state index contributed by atoms with van der Waals surface area (Å²) in [4.78, 5) is 16.1. The zero-order valence-corrected chi connectivity index (χ0v) is 16.3. The lowest BCUT2D eigenvalue weighted by atomic mass is 10.2. The maximum atomic E-state index is 13.1. The van der Waals surface area contributed by atoms with Gasteiger partial charge in [-0.15, -0.1) is 0 Å². The molecule has 1 aromatic heterocycles. The number of nitrogens with one attached hydrogen (secondary N) is 2. The highest BCUT2D eigenvalue weighted by Crippen LogP contribution is 2.38. The van der Waals surface area contributed by atoms with Gasteiger partial charge in [0, 0.05) is 23.6 Å². The molecule has 0 aliphatic heterocycles. The maximum absolute atomic E-state index is 13.1. The van der Waals surface area contributed by atoms with Gasteiger partial charge in [0.1, 0.15) is 23.8 Å². The number of aromatic amines is 1. The Morgan fingerprint density at radius 3 is 2.64 bits per heavy atom. The van der Waals surface area contributed by atoms with Crippen LogP contribution in [0.25, 0.3) is 11.4 Å². The Hall–Kier alpha value is -2.90. The Labute approximate surface area is 163 Å². The molecule has 8 heteroatoms. The van der Waals surface area contributed by atoms with E-state index in [1.165, 1.54) is 0 Å². The van der Waals surface area contributed by atoms with Gasteiger partial charge in [-0.05, 0) is 57.9 Å². The van der Waals surface area contributed by atoms with Gasteiger partial charge in [-0.3, -0.25) is 5.10 Å². The number of carbonyl (C=O) groups excluding carboxylic acids is 1. The van der Waals surface area contributed by atoms with Crippen molar-refractivity contribution in [1.29, 1.82) is 0 Å². The summed E-state index contributed by atoms with van der Waals surface area (Å²) in [5.41, 5.74) is 0.561. The van der Waals surface area contributed by atoms with Crippen molar-refractivity contribution in [3.05, 3.63) is 42.0 Å². The molecule has 1 amide bonds. The molecule has 0 radical (unpaired) electrons. The molecule has 1 aliphatic rings. The van der Waals surface area contributed by atoms with Gasteiger partial charge < -0.3 is 14.8 Å². The van der Waals surface area contributed by atoms with Crippen molar-refractivity contribution in [2.24, 2.45) is 0 Å². The quantitative estimate of drug-likeness (QED) is 0.745. The van der Waals surface area contributed by atoms with Crippen LogP contribution in [0.15, 0.2) is 36.2 Å². The summed E-state index contributed by atoms with van der Waals surface area (Å²) in [6, 6.07) is 7.26. The number of hydrogen-bond donors (Lipinski definition) is 2. The van der Waals surface area contributed by atoms with E-state index in [0.29, 0.717) is 23.8 Å². The monoisotopic (exact) mass is 388 g/mol. The van der Waals surface area contributed by atoms with Crippen LogP contribution in [0, 0.1) is 0 Å². The number of amides is 1. The topological polar surface area (TPSA) is 89.1 Å². The van der Waals surface area contributed by atoms with Crippen LogP contribution >= 0.6 is 0 Å². The Morgan fingerprint density at radius 2 is 2.04 bits per heavy atom. The Bertz CT molecular complexity index is 836. The van der Waals surface area contributed by atoms with Gasteiger partial charge in [0.05, 0.1) is 6.33 Å². The van der Waals surface area contributed by atoms with Gasteiger partial charge in [-0.25, -0.2) is 14.2 Å². The lowest BCUT2D eigenvalue weighted by Crippen LogP contribution is -2.34. The standard InChI is InChI=1S/C20H25FN4O3/c1-20(2,3)28-19(26)22-11-13(10-21)12-27-16-8-6-15(7-9-16)18-23-17(24-25-18)14-4-5-14/h6-10,14H,4-5,11-12H2,1-3H3,(H,22,26)(H,23,24,25)/b13-10+. The van der Waals surface area contributed by atoms with Crippen molar-refractivity contribution in [1.82, 2.24) is 20.5 Å². The minimum absolute atomic E-state index is 0.00459. The fourth-order valence-corrected chi connectivity index (χ4v) is 2.44. The van der Waals surface area contributed by atoms with E-state index < -0.39 is 11.7 Å². The van der Waals surface area contributed by atoms with E-state index >= 15 is 0 Å². The van der Waals surface area contributed by atoms with Crippen LogP contribution < -0.4 is 10.1 Å². The van der Waals surface area contributed by atoms with E-state index in [1.54, 1.807) is 32.9 Å². The number of alkyl carbamates (subject to hydrolysis) is 1. The van der Waals surface area contributed by atoms with Gasteiger partial charge in [0.2, 0.25) is 0 Å².